The van der Waals surface area contributed by atoms with E-state index in [1.54, 1.807) is 36.4 Å². The molecule has 2 aromatic rings. The van der Waals surface area contributed by atoms with Crippen LogP contribution < -0.4 is 0 Å². The lowest BCUT2D eigenvalue weighted by Crippen LogP contribution is -2.15. The SMILES string of the molecule is Cc1ccc(C(=O)C(=O)c2ccccc2C#N)cc1. The molecule has 0 radical (unpaired) electrons. The summed E-state index contributed by atoms with van der Waals surface area (Å²) in [5.74, 6) is -1.25. The molecule has 2 aromatic carbocycles. The summed E-state index contributed by atoms with van der Waals surface area (Å²) in [6, 6.07) is 15.0. The molecule has 0 aliphatic heterocycles. The zero-order valence-corrected chi connectivity index (χ0v) is 10.4. The van der Waals surface area contributed by atoms with Crippen molar-refractivity contribution in [3.63, 3.8) is 0 Å². The third-order valence-electron chi connectivity index (χ3n) is 2.81. The number of rotatable bonds is 3. The fourth-order valence-corrected chi connectivity index (χ4v) is 1.74. The van der Waals surface area contributed by atoms with Gasteiger partial charge in [-0.2, -0.15) is 5.26 Å². The normalized spacial score (nSPS) is 9.68. The summed E-state index contributed by atoms with van der Waals surface area (Å²) in [5, 5.41) is 8.94. The number of benzene rings is 2. The Hall–Kier alpha value is -2.73. The molecular formula is C16H11NO2. The molecule has 0 spiro atoms. The van der Waals surface area contributed by atoms with E-state index in [0.29, 0.717) is 5.56 Å². The lowest BCUT2D eigenvalue weighted by atomic mass is 9.97. The van der Waals surface area contributed by atoms with E-state index >= 15 is 0 Å². The second-order valence-electron chi connectivity index (χ2n) is 4.18. The summed E-state index contributed by atoms with van der Waals surface area (Å²) < 4.78 is 0. The third-order valence-corrected chi connectivity index (χ3v) is 2.81. The van der Waals surface area contributed by atoms with Gasteiger partial charge in [0, 0.05) is 11.1 Å². The van der Waals surface area contributed by atoms with Crippen molar-refractivity contribution < 1.29 is 9.59 Å². The topological polar surface area (TPSA) is 57.9 Å². The van der Waals surface area contributed by atoms with E-state index in [1.165, 1.54) is 12.1 Å². The highest BCUT2D eigenvalue weighted by Crippen LogP contribution is 2.12. The predicted molar refractivity (Wildman–Crippen MR) is 71.0 cm³/mol. The second kappa shape index (κ2) is 5.28. The van der Waals surface area contributed by atoms with Gasteiger partial charge < -0.3 is 0 Å². The van der Waals surface area contributed by atoms with Gasteiger partial charge in [-0.25, -0.2) is 0 Å². The van der Waals surface area contributed by atoms with E-state index in [2.05, 4.69) is 0 Å². The molecule has 0 bridgehead atoms. The van der Waals surface area contributed by atoms with Crippen molar-refractivity contribution >= 4 is 11.6 Å². The van der Waals surface area contributed by atoms with Crippen molar-refractivity contribution in [1.29, 1.82) is 5.26 Å². The highest BCUT2D eigenvalue weighted by Gasteiger charge is 2.20. The molecule has 0 heterocycles. The van der Waals surface area contributed by atoms with Gasteiger partial charge >= 0.3 is 0 Å². The Morgan fingerprint density at radius 2 is 1.58 bits per heavy atom. The number of nitriles is 1. The molecule has 19 heavy (non-hydrogen) atoms. The number of aryl methyl sites for hydroxylation is 1. The van der Waals surface area contributed by atoms with E-state index in [4.69, 9.17) is 5.26 Å². The van der Waals surface area contributed by atoms with Gasteiger partial charge in [0.05, 0.1) is 11.6 Å². The smallest absolute Gasteiger partial charge is 0.234 e. The first-order chi connectivity index (χ1) is 9.13. The van der Waals surface area contributed by atoms with Crippen LogP contribution in [-0.4, -0.2) is 11.6 Å². The average Bonchev–Trinajstić information content (AvgIpc) is 2.46. The van der Waals surface area contributed by atoms with Gasteiger partial charge in [-0.1, -0.05) is 42.0 Å². The lowest BCUT2D eigenvalue weighted by Gasteiger charge is -2.03. The van der Waals surface area contributed by atoms with E-state index in [9.17, 15) is 9.59 Å². The number of carbonyl (C=O) groups excluding carboxylic acids is 2. The molecule has 0 aliphatic rings. The van der Waals surface area contributed by atoms with E-state index < -0.39 is 11.6 Å². The lowest BCUT2D eigenvalue weighted by molar-refractivity contribution is 0.0817. The minimum Gasteiger partial charge on any atom is -0.285 e. The number of nitrogens with zero attached hydrogens (tertiary/aromatic N) is 1. The molecule has 0 N–H and O–H groups in total. The van der Waals surface area contributed by atoms with Crippen molar-refractivity contribution in [2.45, 2.75) is 6.92 Å². The van der Waals surface area contributed by atoms with Crippen LogP contribution in [-0.2, 0) is 0 Å². The van der Waals surface area contributed by atoms with Gasteiger partial charge in [-0.15, -0.1) is 0 Å². The molecule has 0 saturated heterocycles. The van der Waals surface area contributed by atoms with Crippen LogP contribution in [0.1, 0.15) is 31.8 Å². The maximum atomic E-state index is 12.1. The standard InChI is InChI=1S/C16H11NO2/c1-11-6-8-12(9-7-11)15(18)16(19)14-5-3-2-4-13(14)10-17/h2-9H,1H3. The zero-order valence-electron chi connectivity index (χ0n) is 10.4. The van der Waals surface area contributed by atoms with Crippen molar-refractivity contribution in [2.75, 3.05) is 0 Å². The largest absolute Gasteiger partial charge is 0.285 e. The van der Waals surface area contributed by atoms with Gasteiger partial charge in [-0.05, 0) is 19.1 Å². The van der Waals surface area contributed by atoms with Crippen LogP contribution >= 0.6 is 0 Å². The van der Waals surface area contributed by atoms with Crippen molar-refractivity contribution in [2.24, 2.45) is 0 Å². The molecule has 0 amide bonds. The molecule has 3 nitrogen and oxygen atoms in total. The number of carbonyl (C=O) groups is 2. The number of hydrogen-bond donors (Lipinski definition) is 0. The highest BCUT2D eigenvalue weighted by molar-refractivity contribution is 6.49. The van der Waals surface area contributed by atoms with Crippen molar-refractivity contribution in [3.05, 3.63) is 70.8 Å². The molecule has 3 heteroatoms. The van der Waals surface area contributed by atoms with Gasteiger partial charge in [0.2, 0.25) is 11.6 Å². The quantitative estimate of drug-likeness (QED) is 0.620. The molecule has 0 unspecified atom stereocenters. The van der Waals surface area contributed by atoms with E-state index in [1.807, 2.05) is 13.0 Å². The summed E-state index contributed by atoms with van der Waals surface area (Å²) in [5.41, 5.74) is 1.72. The summed E-state index contributed by atoms with van der Waals surface area (Å²) in [6.07, 6.45) is 0. The Kier molecular flexibility index (Phi) is 3.53. The Bertz CT molecular complexity index is 679. The van der Waals surface area contributed by atoms with E-state index in [0.717, 1.165) is 5.56 Å². The number of Topliss-reactive ketones (excluding diaryl/α,β-unsaturated/α-hetero) is 2. The van der Waals surface area contributed by atoms with Crippen LogP contribution in [0.15, 0.2) is 48.5 Å². The molecule has 0 saturated carbocycles. The Morgan fingerprint density at radius 1 is 0.947 bits per heavy atom. The Balaban J connectivity index is 2.37. The summed E-state index contributed by atoms with van der Waals surface area (Å²) in [6.45, 7) is 1.90. The van der Waals surface area contributed by atoms with Gasteiger partial charge in [0.15, 0.2) is 0 Å². The minimum atomic E-state index is -0.652. The average molecular weight is 249 g/mol. The summed E-state index contributed by atoms with van der Waals surface area (Å²) in [4.78, 5) is 24.2. The van der Waals surface area contributed by atoms with Gasteiger partial charge in [0.25, 0.3) is 0 Å². The number of ketones is 2. The number of hydrogen-bond acceptors (Lipinski definition) is 3. The van der Waals surface area contributed by atoms with Crippen LogP contribution in [0, 0.1) is 18.3 Å². The molecular weight excluding hydrogens is 238 g/mol. The third kappa shape index (κ3) is 2.58. The first-order valence-corrected chi connectivity index (χ1v) is 5.78. The molecule has 0 fully saturated rings. The van der Waals surface area contributed by atoms with Crippen LogP contribution in [0.2, 0.25) is 0 Å². The van der Waals surface area contributed by atoms with Crippen LogP contribution in [0.5, 0.6) is 0 Å². The monoisotopic (exact) mass is 249 g/mol. The molecule has 92 valence electrons. The van der Waals surface area contributed by atoms with E-state index in [-0.39, 0.29) is 11.1 Å². The zero-order chi connectivity index (χ0) is 13.8. The molecule has 0 aromatic heterocycles. The van der Waals surface area contributed by atoms with Gasteiger partial charge in [-0.3, -0.25) is 9.59 Å². The summed E-state index contributed by atoms with van der Waals surface area (Å²) >= 11 is 0. The van der Waals surface area contributed by atoms with Gasteiger partial charge in [0.1, 0.15) is 0 Å². The highest BCUT2D eigenvalue weighted by atomic mass is 16.2. The first kappa shape index (κ1) is 12.7. The predicted octanol–water partition coefficient (Wildman–Crippen LogP) is 2.93. The first-order valence-electron chi connectivity index (χ1n) is 5.78. The van der Waals surface area contributed by atoms with Crippen molar-refractivity contribution in [1.82, 2.24) is 0 Å². The minimum absolute atomic E-state index is 0.149. The molecule has 2 rings (SSSR count). The van der Waals surface area contributed by atoms with Crippen LogP contribution in [0.3, 0.4) is 0 Å². The molecule has 0 aliphatic carbocycles. The maximum Gasteiger partial charge on any atom is 0.234 e. The summed E-state index contributed by atoms with van der Waals surface area (Å²) in [7, 11) is 0. The van der Waals surface area contributed by atoms with Crippen LogP contribution in [0.25, 0.3) is 0 Å². The van der Waals surface area contributed by atoms with Crippen molar-refractivity contribution in [3.8, 4) is 6.07 Å². The Labute approximate surface area is 111 Å². The molecule has 0 atom stereocenters. The fourth-order valence-electron chi connectivity index (χ4n) is 1.74. The maximum absolute atomic E-state index is 12.1. The Morgan fingerprint density at radius 3 is 2.21 bits per heavy atom. The second-order valence-corrected chi connectivity index (χ2v) is 4.18. The fraction of sp³-hybridized carbons (Fsp3) is 0.0625. The van der Waals surface area contributed by atoms with Crippen LogP contribution in [0.4, 0.5) is 0 Å².